The predicted octanol–water partition coefficient (Wildman–Crippen LogP) is 1.51. The van der Waals surface area contributed by atoms with Crippen LogP contribution in [-0.2, 0) is 15.8 Å². The van der Waals surface area contributed by atoms with Crippen molar-refractivity contribution in [2.75, 3.05) is 6.54 Å². The van der Waals surface area contributed by atoms with E-state index < -0.39 is 16.1 Å². The Bertz CT molecular complexity index is 463. The number of rotatable bonds is 5. The van der Waals surface area contributed by atoms with Crippen molar-refractivity contribution in [3.8, 4) is 0 Å². The Morgan fingerprint density at radius 2 is 1.78 bits per heavy atom. The molecule has 5 heteroatoms. The van der Waals surface area contributed by atoms with Gasteiger partial charge >= 0.3 is 0 Å². The van der Waals surface area contributed by atoms with Gasteiger partial charge in [0.25, 0.3) is 0 Å². The molecule has 0 aliphatic rings. The molecular weight excluding hydrogens is 250 g/mol. The molecule has 2 N–H and O–H groups in total. The third-order valence-corrected chi connectivity index (χ3v) is 4.02. The average Bonchev–Trinajstić information content (AvgIpc) is 2.25. The highest BCUT2D eigenvalue weighted by atomic mass is 32.2. The molecule has 0 aromatic heterocycles. The van der Waals surface area contributed by atoms with E-state index in [2.05, 4.69) is 4.72 Å². The first-order valence-electron chi connectivity index (χ1n) is 5.90. The van der Waals surface area contributed by atoms with Gasteiger partial charge in [-0.25, -0.2) is 13.1 Å². The summed E-state index contributed by atoms with van der Waals surface area (Å²) in [7, 11) is -3.40. The Morgan fingerprint density at radius 1 is 1.22 bits per heavy atom. The fraction of sp³-hybridized carbons (Fsp3) is 0.538. The van der Waals surface area contributed by atoms with Gasteiger partial charge in [-0.2, -0.15) is 0 Å². The summed E-state index contributed by atoms with van der Waals surface area (Å²) < 4.78 is 26.1. The number of hydrogen-bond donors (Lipinski definition) is 2. The standard InChI is InChI=1S/C13H21NO3S/c1-13(2,3)12(15)9-14-18(16,17)10-11-7-5-4-6-8-11/h4-8,12,14-15H,9-10H2,1-3H3. The highest BCUT2D eigenvalue weighted by molar-refractivity contribution is 7.88. The zero-order valence-electron chi connectivity index (χ0n) is 11.1. The lowest BCUT2D eigenvalue weighted by atomic mass is 9.89. The van der Waals surface area contributed by atoms with Crippen LogP contribution in [0.25, 0.3) is 0 Å². The van der Waals surface area contributed by atoms with E-state index in [0.29, 0.717) is 0 Å². The molecule has 1 aromatic rings. The van der Waals surface area contributed by atoms with Gasteiger partial charge in [0.1, 0.15) is 0 Å². The zero-order valence-corrected chi connectivity index (χ0v) is 11.9. The van der Waals surface area contributed by atoms with Gasteiger partial charge in [0.15, 0.2) is 0 Å². The first-order chi connectivity index (χ1) is 8.21. The molecule has 0 aliphatic heterocycles. The molecule has 0 spiro atoms. The van der Waals surface area contributed by atoms with Crippen molar-refractivity contribution in [1.82, 2.24) is 4.72 Å². The van der Waals surface area contributed by atoms with E-state index >= 15 is 0 Å². The topological polar surface area (TPSA) is 66.4 Å². The van der Waals surface area contributed by atoms with Crippen LogP contribution in [-0.4, -0.2) is 26.2 Å². The lowest BCUT2D eigenvalue weighted by Gasteiger charge is -2.25. The van der Waals surface area contributed by atoms with Gasteiger partial charge in [0.2, 0.25) is 10.0 Å². The summed E-state index contributed by atoms with van der Waals surface area (Å²) in [5, 5.41) is 9.79. The highest BCUT2D eigenvalue weighted by Gasteiger charge is 2.23. The van der Waals surface area contributed by atoms with Crippen LogP contribution in [0.5, 0.6) is 0 Å². The summed E-state index contributed by atoms with van der Waals surface area (Å²) in [6.45, 7) is 5.63. The molecule has 0 heterocycles. The molecule has 0 saturated heterocycles. The molecule has 0 fully saturated rings. The molecule has 4 nitrogen and oxygen atoms in total. The van der Waals surface area contributed by atoms with Crippen LogP contribution < -0.4 is 4.72 Å². The summed E-state index contributed by atoms with van der Waals surface area (Å²) in [5.74, 6) is -0.0648. The maximum Gasteiger partial charge on any atom is 0.215 e. The molecule has 0 aliphatic carbocycles. The van der Waals surface area contributed by atoms with Crippen LogP contribution in [0.2, 0.25) is 0 Å². The number of aliphatic hydroxyl groups excluding tert-OH is 1. The van der Waals surface area contributed by atoms with Crippen molar-refractivity contribution in [2.45, 2.75) is 32.6 Å². The third kappa shape index (κ3) is 5.16. The first-order valence-corrected chi connectivity index (χ1v) is 7.55. The normalized spacial score (nSPS) is 14.4. The maximum absolute atomic E-state index is 11.8. The number of benzene rings is 1. The molecular formula is C13H21NO3S. The zero-order chi connectivity index (χ0) is 13.8. The summed E-state index contributed by atoms with van der Waals surface area (Å²) in [6, 6.07) is 8.97. The number of hydrogen-bond acceptors (Lipinski definition) is 3. The fourth-order valence-electron chi connectivity index (χ4n) is 1.36. The molecule has 1 atom stereocenters. The van der Waals surface area contributed by atoms with Crippen molar-refractivity contribution in [1.29, 1.82) is 0 Å². The molecule has 0 saturated carbocycles. The van der Waals surface area contributed by atoms with Crippen LogP contribution in [0, 0.1) is 5.41 Å². The van der Waals surface area contributed by atoms with Crippen LogP contribution in [0.1, 0.15) is 26.3 Å². The largest absolute Gasteiger partial charge is 0.391 e. The van der Waals surface area contributed by atoms with E-state index in [9.17, 15) is 13.5 Å². The quantitative estimate of drug-likeness (QED) is 0.853. The number of nitrogens with one attached hydrogen (secondary N) is 1. The maximum atomic E-state index is 11.8. The van der Waals surface area contributed by atoms with E-state index in [1.54, 1.807) is 24.3 Å². The lowest BCUT2D eigenvalue weighted by Crippen LogP contribution is -2.39. The van der Waals surface area contributed by atoms with Crippen LogP contribution in [0.15, 0.2) is 30.3 Å². The van der Waals surface area contributed by atoms with E-state index in [1.165, 1.54) is 0 Å². The summed E-state index contributed by atoms with van der Waals surface area (Å²) >= 11 is 0. The fourth-order valence-corrected chi connectivity index (χ4v) is 2.50. The minimum Gasteiger partial charge on any atom is -0.391 e. The van der Waals surface area contributed by atoms with Gasteiger partial charge in [-0.1, -0.05) is 51.1 Å². The monoisotopic (exact) mass is 271 g/mol. The first kappa shape index (κ1) is 15.1. The summed E-state index contributed by atoms with van der Waals surface area (Å²) in [5.41, 5.74) is 0.394. The second kappa shape index (κ2) is 5.82. The molecule has 1 rings (SSSR count). The average molecular weight is 271 g/mol. The van der Waals surface area contributed by atoms with E-state index in [0.717, 1.165) is 5.56 Å². The van der Waals surface area contributed by atoms with E-state index in [4.69, 9.17) is 0 Å². The van der Waals surface area contributed by atoms with Crippen molar-refractivity contribution in [3.05, 3.63) is 35.9 Å². The highest BCUT2D eigenvalue weighted by Crippen LogP contribution is 2.18. The van der Waals surface area contributed by atoms with Gasteiger partial charge in [-0.3, -0.25) is 0 Å². The van der Waals surface area contributed by atoms with Crippen molar-refractivity contribution >= 4 is 10.0 Å². The molecule has 1 aromatic carbocycles. The van der Waals surface area contributed by atoms with Gasteiger partial charge in [0.05, 0.1) is 11.9 Å². The van der Waals surface area contributed by atoms with Gasteiger partial charge in [-0.15, -0.1) is 0 Å². The Hall–Kier alpha value is -0.910. The molecule has 1 unspecified atom stereocenters. The third-order valence-electron chi connectivity index (χ3n) is 2.70. The predicted molar refractivity (Wildman–Crippen MR) is 72.5 cm³/mol. The SMILES string of the molecule is CC(C)(C)C(O)CNS(=O)(=O)Cc1ccccc1. The van der Waals surface area contributed by atoms with Crippen LogP contribution >= 0.6 is 0 Å². The Morgan fingerprint density at radius 3 is 2.28 bits per heavy atom. The summed E-state index contributed by atoms with van der Waals surface area (Å²) in [4.78, 5) is 0. The minimum absolute atomic E-state index is 0.0403. The Balaban J connectivity index is 2.56. The molecule has 0 amide bonds. The molecule has 0 bridgehead atoms. The number of aliphatic hydroxyl groups is 1. The molecule has 18 heavy (non-hydrogen) atoms. The summed E-state index contributed by atoms with van der Waals surface area (Å²) in [6.07, 6.45) is -0.706. The lowest BCUT2D eigenvalue weighted by molar-refractivity contribution is 0.0677. The Kier molecular flexibility index (Phi) is 4.90. The number of sulfonamides is 1. The minimum atomic E-state index is -3.40. The van der Waals surface area contributed by atoms with Gasteiger partial charge in [-0.05, 0) is 11.0 Å². The van der Waals surface area contributed by atoms with E-state index in [1.807, 2.05) is 26.8 Å². The van der Waals surface area contributed by atoms with Crippen LogP contribution in [0.4, 0.5) is 0 Å². The van der Waals surface area contributed by atoms with Crippen molar-refractivity contribution in [2.24, 2.45) is 5.41 Å². The van der Waals surface area contributed by atoms with Crippen molar-refractivity contribution in [3.63, 3.8) is 0 Å². The Labute approximate surface area is 109 Å². The van der Waals surface area contributed by atoms with Gasteiger partial charge in [0, 0.05) is 6.54 Å². The van der Waals surface area contributed by atoms with Crippen molar-refractivity contribution < 1.29 is 13.5 Å². The second-order valence-corrected chi connectivity index (χ2v) is 7.28. The smallest absolute Gasteiger partial charge is 0.215 e. The molecule has 0 radical (unpaired) electrons. The molecule has 102 valence electrons. The second-order valence-electron chi connectivity index (χ2n) is 5.47. The van der Waals surface area contributed by atoms with Gasteiger partial charge < -0.3 is 5.11 Å². The van der Waals surface area contributed by atoms with E-state index in [-0.39, 0.29) is 17.7 Å². The van der Waals surface area contributed by atoms with Crippen LogP contribution in [0.3, 0.4) is 0 Å².